The number of methoxy groups -OCH3 is 1. The molecule has 3 heteroatoms. The summed E-state index contributed by atoms with van der Waals surface area (Å²) in [5, 5.41) is 0. The van der Waals surface area contributed by atoms with E-state index in [1.54, 1.807) is 0 Å². The zero-order chi connectivity index (χ0) is 23.6. The molecule has 1 fully saturated rings. The summed E-state index contributed by atoms with van der Waals surface area (Å²) in [5.74, 6) is 1.58. The second-order valence-corrected chi connectivity index (χ2v) is 9.05. The highest BCUT2D eigenvalue weighted by Crippen LogP contribution is 2.38. The van der Waals surface area contributed by atoms with Crippen molar-refractivity contribution in [3.8, 4) is 0 Å². The van der Waals surface area contributed by atoms with E-state index in [0.717, 1.165) is 37.5 Å². The number of allylic oxidation sites excluding steroid dienone is 2. The molecule has 3 nitrogen and oxygen atoms in total. The molecule has 3 atom stereocenters. The van der Waals surface area contributed by atoms with Gasteiger partial charge in [-0.2, -0.15) is 0 Å². The van der Waals surface area contributed by atoms with Crippen molar-refractivity contribution in [2.75, 3.05) is 7.11 Å². The van der Waals surface area contributed by atoms with E-state index in [2.05, 4.69) is 42.5 Å². The third-order valence-electron chi connectivity index (χ3n) is 6.33. The molecule has 0 bridgehead atoms. The lowest BCUT2D eigenvalue weighted by Gasteiger charge is -2.22. The molecule has 2 rings (SSSR count). The van der Waals surface area contributed by atoms with Crippen molar-refractivity contribution in [3.63, 3.8) is 0 Å². The van der Waals surface area contributed by atoms with Crippen molar-refractivity contribution in [1.82, 2.24) is 0 Å². The quantitative estimate of drug-likeness (QED) is 0.166. The average molecular weight is 445 g/mol. The van der Waals surface area contributed by atoms with E-state index in [9.17, 15) is 4.79 Å². The lowest BCUT2D eigenvalue weighted by molar-refractivity contribution is -0.147. The number of carbonyl (C=O) groups excluding carboxylic acids is 1. The van der Waals surface area contributed by atoms with Gasteiger partial charge in [-0.15, -0.1) is 0 Å². The van der Waals surface area contributed by atoms with Crippen LogP contribution in [0.15, 0.2) is 42.5 Å². The lowest BCUT2D eigenvalue weighted by atomic mass is 9.87. The molecule has 1 aliphatic carbocycles. The van der Waals surface area contributed by atoms with Crippen molar-refractivity contribution < 1.29 is 14.3 Å². The average Bonchev–Trinajstić information content (AvgIpc) is 3.25. The summed E-state index contributed by atoms with van der Waals surface area (Å²) in [6.45, 7) is 7.79. The van der Waals surface area contributed by atoms with Crippen molar-refractivity contribution >= 4 is 5.97 Å². The van der Waals surface area contributed by atoms with Crippen molar-refractivity contribution in [2.45, 2.75) is 111 Å². The van der Waals surface area contributed by atoms with E-state index < -0.39 is 0 Å². The summed E-state index contributed by atoms with van der Waals surface area (Å²) in [6, 6.07) is 10.7. The first-order valence-corrected chi connectivity index (χ1v) is 13.0. The molecule has 1 saturated carbocycles. The van der Waals surface area contributed by atoms with Crippen LogP contribution in [0.1, 0.15) is 97.5 Å². The van der Waals surface area contributed by atoms with Crippen LogP contribution in [0.2, 0.25) is 0 Å². The standard InChI is InChI=1S/C27H42O3.C2H6/c1-22(2)30-27(28)17-10-5-4-9-14-24-15-11-16-25(24)19-21-26(29-3)20-18-23-12-7-6-8-13-23;1-2/h4,6-9,12-13,22,24-26H,5,10-11,14-21H2,1-3H3;1-2H3/b9-4-;/t24-,25?,26-;/m0./s1. The van der Waals surface area contributed by atoms with E-state index in [1.165, 1.54) is 44.1 Å². The number of benzene rings is 1. The second-order valence-electron chi connectivity index (χ2n) is 9.05. The molecule has 0 saturated heterocycles. The summed E-state index contributed by atoms with van der Waals surface area (Å²) in [5.41, 5.74) is 1.40. The fourth-order valence-corrected chi connectivity index (χ4v) is 4.63. The molecule has 1 aliphatic rings. The van der Waals surface area contributed by atoms with Crippen LogP contribution in [0.25, 0.3) is 0 Å². The van der Waals surface area contributed by atoms with Gasteiger partial charge in [-0.3, -0.25) is 4.79 Å². The third kappa shape index (κ3) is 12.4. The molecule has 0 spiro atoms. The van der Waals surface area contributed by atoms with Crippen LogP contribution in [0, 0.1) is 11.8 Å². The van der Waals surface area contributed by atoms with Gasteiger partial charge in [-0.05, 0) is 82.6 Å². The van der Waals surface area contributed by atoms with Crippen LogP contribution < -0.4 is 0 Å². The Morgan fingerprint density at radius 3 is 2.47 bits per heavy atom. The van der Waals surface area contributed by atoms with E-state index in [1.807, 2.05) is 34.8 Å². The molecule has 0 amide bonds. The third-order valence-corrected chi connectivity index (χ3v) is 6.33. The van der Waals surface area contributed by atoms with Gasteiger partial charge >= 0.3 is 5.97 Å². The van der Waals surface area contributed by atoms with Crippen molar-refractivity contribution in [3.05, 3.63) is 48.0 Å². The summed E-state index contributed by atoms with van der Waals surface area (Å²) in [7, 11) is 1.86. The highest BCUT2D eigenvalue weighted by Gasteiger charge is 2.26. The zero-order valence-corrected chi connectivity index (χ0v) is 21.4. The Bertz CT molecular complexity index is 608. The number of esters is 1. The second kappa shape index (κ2) is 17.9. The predicted octanol–water partition coefficient (Wildman–Crippen LogP) is 7.93. The van der Waals surface area contributed by atoms with E-state index in [0.29, 0.717) is 12.5 Å². The highest BCUT2D eigenvalue weighted by molar-refractivity contribution is 5.69. The Kier molecular flexibility index (Phi) is 15.9. The Labute approximate surface area is 198 Å². The number of hydrogen-bond donors (Lipinski definition) is 0. The van der Waals surface area contributed by atoms with Gasteiger partial charge in [-0.25, -0.2) is 0 Å². The van der Waals surface area contributed by atoms with Crippen LogP contribution >= 0.6 is 0 Å². The first-order valence-electron chi connectivity index (χ1n) is 13.0. The first kappa shape index (κ1) is 28.4. The maximum atomic E-state index is 11.6. The van der Waals surface area contributed by atoms with E-state index in [-0.39, 0.29) is 12.1 Å². The van der Waals surface area contributed by atoms with Crippen LogP contribution in [0.4, 0.5) is 0 Å². The minimum atomic E-state index is -0.0748. The predicted molar refractivity (Wildman–Crippen MR) is 136 cm³/mol. The zero-order valence-electron chi connectivity index (χ0n) is 21.4. The van der Waals surface area contributed by atoms with Gasteiger partial charge in [0.05, 0.1) is 12.2 Å². The van der Waals surface area contributed by atoms with Gasteiger partial charge < -0.3 is 9.47 Å². The lowest BCUT2D eigenvalue weighted by Crippen LogP contribution is -2.16. The summed E-state index contributed by atoms with van der Waals surface area (Å²) in [4.78, 5) is 11.6. The number of unbranched alkanes of at least 4 members (excludes halogenated alkanes) is 1. The van der Waals surface area contributed by atoms with Crippen molar-refractivity contribution in [1.29, 1.82) is 0 Å². The normalized spacial score (nSPS) is 19.1. The molecule has 0 aliphatic heterocycles. The maximum Gasteiger partial charge on any atom is 0.306 e. The molecule has 1 aromatic rings. The maximum absolute atomic E-state index is 11.6. The van der Waals surface area contributed by atoms with Gasteiger partial charge in [0.2, 0.25) is 0 Å². The molecule has 0 N–H and O–H groups in total. The number of rotatable bonds is 14. The topological polar surface area (TPSA) is 35.5 Å². The molecular weight excluding hydrogens is 396 g/mol. The fraction of sp³-hybridized carbons (Fsp3) is 0.690. The Morgan fingerprint density at radius 2 is 1.78 bits per heavy atom. The Balaban J connectivity index is 0.00000249. The van der Waals surface area contributed by atoms with Crippen molar-refractivity contribution in [2.24, 2.45) is 11.8 Å². The Hall–Kier alpha value is -1.61. The van der Waals surface area contributed by atoms with Crippen LogP contribution in [0.3, 0.4) is 0 Å². The molecule has 0 aromatic heterocycles. The summed E-state index contributed by atoms with van der Waals surface area (Å²) >= 11 is 0. The largest absolute Gasteiger partial charge is 0.463 e. The minimum Gasteiger partial charge on any atom is -0.463 e. The molecule has 1 aromatic carbocycles. The van der Waals surface area contributed by atoms with Gasteiger partial charge in [0.1, 0.15) is 0 Å². The van der Waals surface area contributed by atoms with Gasteiger partial charge in [0, 0.05) is 13.5 Å². The smallest absolute Gasteiger partial charge is 0.306 e. The monoisotopic (exact) mass is 444 g/mol. The Morgan fingerprint density at radius 1 is 1.06 bits per heavy atom. The number of hydrogen-bond acceptors (Lipinski definition) is 3. The number of carbonyl (C=O) groups is 1. The molecule has 182 valence electrons. The van der Waals surface area contributed by atoms with Crippen LogP contribution in [-0.4, -0.2) is 25.3 Å². The van der Waals surface area contributed by atoms with Crippen LogP contribution in [0.5, 0.6) is 0 Å². The molecule has 0 radical (unpaired) electrons. The number of aryl methyl sites for hydroxylation is 1. The minimum absolute atomic E-state index is 0.0108. The highest BCUT2D eigenvalue weighted by atomic mass is 16.5. The summed E-state index contributed by atoms with van der Waals surface area (Å²) < 4.78 is 11.0. The van der Waals surface area contributed by atoms with E-state index in [4.69, 9.17) is 9.47 Å². The fourth-order valence-electron chi connectivity index (χ4n) is 4.63. The van der Waals surface area contributed by atoms with Gasteiger partial charge in [0.15, 0.2) is 0 Å². The molecule has 0 heterocycles. The van der Waals surface area contributed by atoms with Gasteiger partial charge in [-0.1, -0.05) is 69.2 Å². The SMILES string of the molecule is CC.CO[C@@H](CCc1ccccc1)CCC1CCC[C@@H]1C/C=C\CCCC(=O)OC(C)C. The molecule has 32 heavy (non-hydrogen) atoms. The van der Waals surface area contributed by atoms with Gasteiger partial charge in [0.25, 0.3) is 0 Å². The molecular formula is C29H48O3. The first-order chi connectivity index (χ1) is 15.6. The number of ether oxygens (including phenoxy) is 2. The van der Waals surface area contributed by atoms with E-state index >= 15 is 0 Å². The molecule has 1 unspecified atom stereocenters. The summed E-state index contributed by atoms with van der Waals surface area (Å²) in [6.07, 6.45) is 17.3. The van der Waals surface area contributed by atoms with Crippen LogP contribution in [-0.2, 0) is 20.7 Å².